The van der Waals surface area contributed by atoms with Gasteiger partial charge in [-0.15, -0.1) is 11.3 Å². The first kappa shape index (κ1) is 25.5. The number of aliphatic hydroxyl groups is 2. The summed E-state index contributed by atoms with van der Waals surface area (Å²) < 4.78 is 0. The Labute approximate surface area is 209 Å². The SMILES string of the molecule is CC(=O)NCCNC(=O)C[C@@H]1c2nc(Nc3cccnc3)sc2C[C@@H]2[C@](C)(CO)[C@H](O)CC[C@]21C. The Balaban J connectivity index is 1.64. The average molecular weight is 502 g/mol. The van der Waals surface area contributed by atoms with Gasteiger partial charge in [-0.1, -0.05) is 13.8 Å². The number of anilines is 2. The van der Waals surface area contributed by atoms with Crippen molar-refractivity contribution in [1.29, 1.82) is 0 Å². The van der Waals surface area contributed by atoms with Gasteiger partial charge in [-0.2, -0.15) is 0 Å². The van der Waals surface area contributed by atoms with E-state index < -0.39 is 11.5 Å². The van der Waals surface area contributed by atoms with Gasteiger partial charge in [0.25, 0.3) is 0 Å². The third-order valence-corrected chi connectivity index (χ3v) is 9.03. The quantitative estimate of drug-likeness (QED) is 0.350. The number of hydrogen-bond donors (Lipinski definition) is 5. The molecular weight excluding hydrogens is 466 g/mol. The van der Waals surface area contributed by atoms with Crippen molar-refractivity contribution in [2.45, 2.75) is 58.5 Å². The van der Waals surface area contributed by atoms with Gasteiger partial charge in [-0.3, -0.25) is 14.6 Å². The maximum Gasteiger partial charge on any atom is 0.220 e. The second kappa shape index (κ2) is 10.2. The van der Waals surface area contributed by atoms with Crippen LogP contribution < -0.4 is 16.0 Å². The van der Waals surface area contributed by atoms with E-state index in [1.54, 1.807) is 23.7 Å². The van der Waals surface area contributed by atoms with Crippen LogP contribution in [0.2, 0.25) is 0 Å². The first-order valence-corrected chi connectivity index (χ1v) is 13.0. The monoisotopic (exact) mass is 501 g/mol. The summed E-state index contributed by atoms with van der Waals surface area (Å²) in [5.74, 6) is -0.386. The molecule has 4 rings (SSSR count). The van der Waals surface area contributed by atoms with E-state index in [1.807, 2.05) is 19.1 Å². The van der Waals surface area contributed by atoms with E-state index in [0.717, 1.165) is 27.8 Å². The largest absolute Gasteiger partial charge is 0.396 e. The minimum Gasteiger partial charge on any atom is -0.396 e. The number of thiazole rings is 1. The lowest BCUT2D eigenvalue weighted by atomic mass is 9.47. The molecule has 0 aromatic carbocycles. The van der Waals surface area contributed by atoms with Gasteiger partial charge in [-0.25, -0.2) is 4.98 Å². The van der Waals surface area contributed by atoms with Crippen molar-refractivity contribution >= 4 is 34.0 Å². The molecule has 0 unspecified atom stereocenters. The fraction of sp³-hybridized carbons (Fsp3) is 0.600. The molecule has 2 aliphatic rings. The molecular formula is C25H35N5O4S. The van der Waals surface area contributed by atoms with E-state index in [0.29, 0.717) is 25.9 Å². The Morgan fingerprint density at radius 1 is 1.26 bits per heavy atom. The highest BCUT2D eigenvalue weighted by Crippen LogP contribution is 2.62. The number of nitrogens with zero attached hydrogens (tertiary/aromatic N) is 2. The minimum atomic E-state index is -0.661. The second-order valence-electron chi connectivity index (χ2n) is 10.3. The molecule has 2 aliphatic carbocycles. The second-order valence-corrected chi connectivity index (χ2v) is 11.3. The molecule has 190 valence electrons. The van der Waals surface area contributed by atoms with Gasteiger partial charge in [0, 0.05) is 48.8 Å². The zero-order chi connectivity index (χ0) is 25.2. The lowest BCUT2D eigenvalue weighted by Crippen LogP contribution is -2.57. The first-order valence-electron chi connectivity index (χ1n) is 12.1. The number of aromatic nitrogens is 2. The fourth-order valence-corrected chi connectivity index (χ4v) is 7.05. The van der Waals surface area contributed by atoms with Crippen LogP contribution in [0.5, 0.6) is 0 Å². The van der Waals surface area contributed by atoms with Gasteiger partial charge in [0.1, 0.15) is 0 Å². The number of pyridine rings is 1. The zero-order valence-corrected chi connectivity index (χ0v) is 21.3. The van der Waals surface area contributed by atoms with Crippen LogP contribution in [0, 0.1) is 16.7 Å². The third-order valence-electron chi connectivity index (χ3n) is 8.02. The maximum absolute atomic E-state index is 13.0. The zero-order valence-electron chi connectivity index (χ0n) is 20.5. The number of fused-ring (bicyclic) bond motifs is 2. The Morgan fingerprint density at radius 2 is 2.03 bits per heavy atom. The Hall–Kier alpha value is -2.56. The number of carbonyl (C=O) groups excluding carboxylic acids is 2. The van der Waals surface area contributed by atoms with Crippen molar-refractivity contribution in [3.63, 3.8) is 0 Å². The van der Waals surface area contributed by atoms with Crippen molar-refractivity contribution in [1.82, 2.24) is 20.6 Å². The summed E-state index contributed by atoms with van der Waals surface area (Å²) in [5, 5.41) is 30.9. The summed E-state index contributed by atoms with van der Waals surface area (Å²) >= 11 is 1.56. The van der Waals surface area contributed by atoms with Crippen molar-refractivity contribution in [3.05, 3.63) is 35.1 Å². The molecule has 35 heavy (non-hydrogen) atoms. The maximum atomic E-state index is 13.0. The lowest BCUT2D eigenvalue weighted by Gasteiger charge is -2.58. The van der Waals surface area contributed by atoms with Gasteiger partial charge in [0.2, 0.25) is 11.8 Å². The molecule has 2 aromatic rings. The molecule has 5 N–H and O–H groups in total. The molecule has 0 radical (unpaired) electrons. The summed E-state index contributed by atoms with van der Waals surface area (Å²) in [7, 11) is 0. The number of amides is 2. The van der Waals surface area contributed by atoms with Crippen molar-refractivity contribution in [2.75, 3.05) is 25.0 Å². The van der Waals surface area contributed by atoms with Crippen LogP contribution in [-0.4, -0.2) is 57.8 Å². The minimum absolute atomic E-state index is 0.000112. The van der Waals surface area contributed by atoms with E-state index in [1.165, 1.54) is 6.92 Å². The number of nitrogens with one attached hydrogen (secondary N) is 3. The Bertz CT molecular complexity index is 1060. The van der Waals surface area contributed by atoms with Crippen LogP contribution >= 0.6 is 11.3 Å². The molecule has 2 heterocycles. The smallest absolute Gasteiger partial charge is 0.220 e. The molecule has 0 saturated heterocycles. The topological polar surface area (TPSA) is 136 Å². The van der Waals surface area contributed by atoms with Crippen molar-refractivity contribution in [3.8, 4) is 0 Å². The summed E-state index contributed by atoms with van der Waals surface area (Å²) in [4.78, 5) is 34.3. The van der Waals surface area contributed by atoms with Crippen LogP contribution in [0.1, 0.15) is 56.5 Å². The first-order chi connectivity index (χ1) is 16.7. The van der Waals surface area contributed by atoms with Crippen LogP contribution in [0.3, 0.4) is 0 Å². The van der Waals surface area contributed by atoms with E-state index in [9.17, 15) is 19.8 Å². The Morgan fingerprint density at radius 3 is 2.71 bits per heavy atom. The van der Waals surface area contributed by atoms with E-state index in [2.05, 4.69) is 27.9 Å². The van der Waals surface area contributed by atoms with Crippen LogP contribution in [0.25, 0.3) is 0 Å². The predicted molar refractivity (Wildman–Crippen MR) is 134 cm³/mol. The summed E-state index contributed by atoms with van der Waals surface area (Å²) in [6.07, 6.45) is 5.14. The van der Waals surface area contributed by atoms with Gasteiger partial charge < -0.3 is 26.2 Å². The number of aliphatic hydroxyl groups excluding tert-OH is 2. The average Bonchev–Trinajstić information content (AvgIpc) is 3.23. The van der Waals surface area contributed by atoms with Gasteiger partial charge in [0.15, 0.2) is 5.13 Å². The molecule has 9 nitrogen and oxygen atoms in total. The van der Waals surface area contributed by atoms with E-state index in [4.69, 9.17) is 4.98 Å². The highest BCUT2D eigenvalue weighted by Gasteiger charge is 2.59. The summed E-state index contributed by atoms with van der Waals surface area (Å²) in [5.41, 5.74) is 0.795. The molecule has 2 amide bonds. The molecule has 0 spiro atoms. The van der Waals surface area contributed by atoms with Gasteiger partial charge >= 0.3 is 0 Å². The molecule has 1 fully saturated rings. The third kappa shape index (κ3) is 5.05. The lowest BCUT2D eigenvalue weighted by molar-refractivity contribution is -0.144. The molecule has 5 atom stereocenters. The molecule has 1 saturated carbocycles. The van der Waals surface area contributed by atoms with Crippen LogP contribution in [-0.2, 0) is 16.0 Å². The molecule has 0 aliphatic heterocycles. The highest BCUT2D eigenvalue weighted by atomic mass is 32.1. The van der Waals surface area contributed by atoms with E-state index >= 15 is 0 Å². The normalized spacial score (nSPS) is 29.6. The van der Waals surface area contributed by atoms with Crippen molar-refractivity contribution < 1.29 is 19.8 Å². The predicted octanol–water partition coefficient (Wildman–Crippen LogP) is 2.34. The van der Waals surface area contributed by atoms with Crippen molar-refractivity contribution in [2.24, 2.45) is 16.7 Å². The fourth-order valence-electron chi connectivity index (χ4n) is 5.96. The number of rotatable bonds is 8. The van der Waals surface area contributed by atoms with E-state index in [-0.39, 0.29) is 42.1 Å². The summed E-state index contributed by atoms with van der Waals surface area (Å²) in [6.45, 7) is 6.21. The van der Waals surface area contributed by atoms with Gasteiger partial charge in [0.05, 0.1) is 30.3 Å². The Kier molecular flexibility index (Phi) is 7.44. The summed E-state index contributed by atoms with van der Waals surface area (Å²) in [6, 6.07) is 3.78. The standard InChI is InChI=1S/C25H35N5O4S/c1-15(32)27-9-10-28-21(34)11-17-22-18(35-23(30-22)29-16-5-4-8-26-13-16)12-19-24(17,2)7-6-20(33)25(19,3)14-31/h4-5,8,13,17,19-20,31,33H,6-7,9-12,14H2,1-3H3,(H,27,32)(H,28,34)(H,29,30)/t17-,19+,20-,24+,25+/m1/s1. The number of hydrogen-bond acceptors (Lipinski definition) is 8. The molecule has 10 heteroatoms. The highest BCUT2D eigenvalue weighted by molar-refractivity contribution is 7.15. The number of carbonyl (C=O) groups is 2. The van der Waals surface area contributed by atoms with Crippen LogP contribution in [0.15, 0.2) is 24.5 Å². The van der Waals surface area contributed by atoms with Crippen LogP contribution in [0.4, 0.5) is 10.8 Å². The molecule has 2 aromatic heterocycles. The molecule has 0 bridgehead atoms. The van der Waals surface area contributed by atoms with Gasteiger partial charge in [-0.05, 0) is 42.7 Å².